The van der Waals surface area contributed by atoms with Crippen LogP contribution in [0.2, 0.25) is 0 Å². The second-order valence-corrected chi connectivity index (χ2v) is 15.2. The Bertz CT molecular complexity index is 2920. The molecule has 0 fully saturated rings. The minimum atomic E-state index is 0.689. The number of pyridine rings is 1. The van der Waals surface area contributed by atoms with Gasteiger partial charge in [-0.1, -0.05) is 72.8 Å². The Hall–Kier alpha value is -8.69. The summed E-state index contributed by atoms with van der Waals surface area (Å²) in [4.78, 5) is 22.3. The molecule has 0 amide bonds. The van der Waals surface area contributed by atoms with E-state index in [1.54, 1.807) is 0 Å². The van der Waals surface area contributed by atoms with Crippen LogP contribution in [-0.4, -0.2) is 24.9 Å². The maximum Gasteiger partial charge on any atom is 0.0737 e. The van der Waals surface area contributed by atoms with Gasteiger partial charge in [-0.25, -0.2) is 9.97 Å². The Morgan fingerprint density at radius 3 is 0.952 bits per heavy atom. The summed E-state index contributed by atoms with van der Waals surface area (Å²) in [6, 6.07) is 52.1. The highest BCUT2D eigenvalue weighted by Gasteiger charge is 2.19. The first-order chi connectivity index (χ1) is 30.3. The van der Waals surface area contributed by atoms with Gasteiger partial charge in [0.2, 0.25) is 0 Å². The van der Waals surface area contributed by atoms with E-state index in [9.17, 15) is 0 Å². The molecule has 0 saturated heterocycles. The minimum absolute atomic E-state index is 0.689. The van der Waals surface area contributed by atoms with E-state index < -0.39 is 0 Å². The molecular formula is C53H41N9. The molecule has 0 radical (unpaired) electrons. The summed E-state index contributed by atoms with van der Waals surface area (Å²) >= 11 is 0. The van der Waals surface area contributed by atoms with Crippen molar-refractivity contribution in [3.05, 3.63) is 187 Å². The molecule has 0 aliphatic carbocycles. The summed E-state index contributed by atoms with van der Waals surface area (Å²) in [7, 11) is 0. The van der Waals surface area contributed by atoms with E-state index in [0.29, 0.717) is 22.7 Å². The number of para-hydroxylation sites is 1. The molecule has 4 aromatic heterocycles. The smallest absolute Gasteiger partial charge is 0.0737 e. The fourth-order valence-electron chi connectivity index (χ4n) is 8.04. The van der Waals surface area contributed by atoms with Crippen molar-refractivity contribution in [2.75, 3.05) is 22.9 Å². The van der Waals surface area contributed by atoms with Gasteiger partial charge in [-0.3, -0.25) is 4.98 Å². The zero-order chi connectivity index (χ0) is 42.2. The first-order valence-corrected chi connectivity index (χ1v) is 20.2. The number of hydrogen-bond acceptors (Lipinski definition) is 7. The van der Waals surface area contributed by atoms with E-state index in [0.717, 1.165) is 94.9 Å². The van der Waals surface area contributed by atoms with E-state index in [1.165, 1.54) is 5.39 Å². The van der Waals surface area contributed by atoms with Crippen molar-refractivity contribution in [2.45, 2.75) is 0 Å². The highest BCUT2D eigenvalue weighted by molar-refractivity contribution is 6.00. The SMILES string of the molecule is Nc1ccc(-c2c3nc(c(-c4ccc(N)cc4)c4ccc([nH]4)c(-c4ccc(N)cc4)c4nc(c(-c5ccc(N)cc5)c5ccc2[nH]5)C=C4)C=C3)cc1.c1ccc2ncccc2c1. The molecule has 0 saturated carbocycles. The Kier molecular flexibility index (Phi) is 9.59. The third-order valence-electron chi connectivity index (χ3n) is 11.1. The van der Waals surface area contributed by atoms with Crippen LogP contribution in [-0.2, 0) is 0 Å². The van der Waals surface area contributed by atoms with Gasteiger partial charge < -0.3 is 32.9 Å². The van der Waals surface area contributed by atoms with Crippen LogP contribution >= 0.6 is 0 Å². The molecule has 5 aromatic carbocycles. The Morgan fingerprint density at radius 2 is 0.629 bits per heavy atom. The molecule has 10 N–H and O–H groups in total. The van der Waals surface area contributed by atoms with Crippen molar-refractivity contribution in [1.82, 2.24) is 24.9 Å². The second-order valence-electron chi connectivity index (χ2n) is 15.2. The number of fused-ring (bicyclic) bond motifs is 9. The maximum atomic E-state index is 6.15. The van der Waals surface area contributed by atoms with Crippen LogP contribution in [0, 0.1) is 0 Å². The van der Waals surface area contributed by atoms with Crippen molar-refractivity contribution in [1.29, 1.82) is 0 Å². The predicted octanol–water partition coefficient (Wildman–Crippen LogP) is 11.9. The summed E-state index contributed by atoms with van der Waals surface area (Å²) < 4.78 is 0. The van der Waals surface area contributed by atoms with Crippen molar-refractivity contribution in [3.63, 3.8) is 0 Å². The van der Waals surface area contributed by atoms with Crippen LogP contribution in [0.25, 0.3) is 102 Å². The van der Waals surface area contributed by atoms with Crippen molar-refractivity contribution in [3.8, 4) is 44.5 Å². The zero-order valence-electron chi connectivity index (χ0n) is 33.5. The largest absolute Gasteiger partial charge is 0.399 e. The molecule has 6 heterocycles. The van der Waals surface area contributed by atoms with Gasteiger partial charge in [0.05, 0.1) is 28.3 Å². The minimum Gasteiger partial charge on any atom is -0.399 e. The van der Waals surface area contributed by atoms with E-state index in [1.807, 2.05) is 128 Å². The fourth-order valence-corrected chi connectivity index (χ4v) is 8.04. The summed E-state index contributed by atoms with van der Waals surface area (Å²) in [5, 5.41) is 1.20. The van der Waals surface area contributed by atoms with Crippen LogP contribution in [0.4, 0.5) is 22.7 Å². The molecule has 11 rings (SSSR count). The average Bonchev–Trinajstić information content (AvgIpc) is 4.15. The average molecular weight is 804 g/mol. The Morgan fingerprint density at radius 1 is 0.323 bits per heavy atom. The number of aromatic amines is 2. The second kappa shape index (κ2) is 15.8. The van der Waals surface area contributed by atoms with Crippen molar-refractivity contribution < 1.29 is 0 Å². The van der Waals surface area contributed by atoms with Gasteiger partial charge in [-0.15, -0.1) is 0 Å². The first kappa shape index (κ1) is 37.6. The van der Waals surface area contributed by atoms with Gasteiger partial charge in [0, 0.05) is 78.7 Å². The first-order valence-electron chi connectivity index (χ1n) is 20.2. The van der Waals surface area contributed by atoms with E-state index >= 15 is 0 Å². The molecular weight excluding hydrogens is 763 g/mol. The molecule has 0 atom stereocenters. The molecule has 0 unspecified atom stereocenters. The van der Waals surface area contributed by atoms with Crippen LogP contribution < -0.4 is 22.9 Å². The molecule has 298 valence electrons. The summed E-state index contributed by atoms with van der Waals surface area (Å²) in [5.41, 5.74) is 43.0. The molecule has 9 nitrogen and oxygen atoms in total. The van der Waals surface area contributed by atoms with E-state index in [2.05, 4.69) is 75.7 Å². The quantitative estimate of drug-likeness (QED) is 0.0960. The van der Waals surface area contributed by atoms with Gasteiger partial charge in [0.25, 0.3) is 0 Å². The summed E-state index contributed by atoms with van der Waals surface area (Å²) in [6.07, 6.45) is 10.1. The van der Waals surface area contributed by atoms with Gasteiger partial charge in [-0.05, 0) is 131 Å². The number of hydrogen-bond donors (Lipinski definition) is 6. The number of benzene rings is 5. The monoisotopic (exact) mass is 803 g/mol. The van der Waals surface area contributed by atoms with Crippen molar-refractivity contribution >= 4 is 80.0 Å². The van der Waals surface area contributed by atoms with Crippen LogP contribution in [0.5, 0.6) is 0 Å². The number of H-pyrrole nitrogens is 2. The van der Waals surface area contributed by atoms with Crippen LogP contribution in [0.15, 0.2) is 164 Å². The highest BCUT2D eigenvalue weighted by atomic mass is 14.8. The molecule has 0 spiro atoms. The van der Waals surface area contributed by atoms with Gasteiger partial charge in [0.15, 0.2) is 0 Å². The lowest BCUT2D eigenvalue weighted by molar-refractivity contribution is 1.31. The number of nitrogens with two attached hydrogens (primary N) is 4. The fraction of sp³-hybridized carbons (Fsp3) is 0. The lowest BCUT2D eigenvalue weighted by atomic mass is 10.0. The summed E-state index contributed by atoms with van der Waals surface area (Å²) in [5.74, 6) is 0. The van der Waals surface area contributed by atoms with Crippen LogP contribution in [0.3, 0.4) is 0 Å². The lowest BCUT2D eigenvalue weighted by Gasteiger charge is -2.07. The number of nitrogens with one attached hydrogen (secondary N) is 2. The summed E-state index contributed by atoms with van der Waals surface area (Å²) in [6.45, 7) is 0. The third kappa shape index (κ3) is 7.31. The zero-order valence-corrected chi connectivity index (χ0v) is 33.5. The molecule has 2 aliphatic heterocycles. The highest BCUT2D eigenvalue weighted by Crippen LogP contribution is 2.39. The number of rotatable bonds is 4. The Balaban J connectivity index is 0.000000401. The number of anilines is 4. The van der Waals surface area contributed by atoms with E-state index in [-0.39, 0.29) is 0 Å². The van der Waals surface area contributed by atoms with Crippen LogP contribution in [0.1, 0.15) is 22.8 Å². The number of nitrogen functional groups attached to an aromatic ring is 4. The molecule has 62 heavy (non-hydrogen) atoms. The topological polar surface area (TPSA) is 174 Å². The normalized spacial score (nSPS) is 11.7. The predicted molar refractivity (Wildman–Crippen MR) is 260 cm³/mol. The molecule has 9 heteroatoms. The van der Waals surface area contributed by atoms with Gasteiger partial charge >= 0.3 is 0 Å². The number of aromatic nitrogens is 5. The van der Waals surface area contributed by atoms with Gasteiger partial charge in [0.1, 0.15) is 0 Å². The van der Waals surface area contributed by atoms with Gasteiger partial charge in [-0.2, -0.15) is 0 Å². The Labute approximate surface area is 357 Å². The van der Waals surface area contributed by atoms with Crippen molar-refractivity contribution in [2.24, 2.45) is 0 Å². The maximum absolute atomic E-state index is 6.15. The molecule has 2 aliphatic rings. The van der Waals surface area contributed by atoms with E-state index in [4.69, 9.17) is 32.9 Å². The number of nitrogens with zero attached hydrogens (tertiary/aromatic N) is 3. The molecule has 9 aromatic rings. The standard InChI is InChI=1S/C44H34N8.C9H7N/c45-29-9-1-25(2-10-29)41-33-17-19-35(49-33)42(26-3-11-30(46)12-4-26)37-21-23-39(51-37)44(28-7-15-32(48)16-8-28)40-24-22-38(52-40)43(36-20-18-34(41)50-36)27-5-13-31(47)14-6-27;1-2-6-9-8(4-1)5-3-7-10-9/h1-24,49,52H,45-48H2;1-7H. The third-order valence-corrected chi connectivity index (χ3v) is 11.1. The lowest BCUT2D eigenvalue weighted by Crippen LogP contribution is -1.91. The molecule has 8 bridgehead atoms.